The van der Waals surface area contributed by atoms with Gasteiger partial charge in [0, 0.05) is 17.4 Å². The lowest BCUT2D eigenvalue weighted by Gasteiger charge is -2.53. The second kappa shape index (κ2) is 3.91. The normalized spacial score (nSPS) is 24.4. The van der Waals surface area contributed by atoms with Gasteiger partial charge in [-0.1, -0.05) is 0 Å². The summed E-state index contributed by atoms with van der Waals surface area (Å²) < 4.78 is 5.27. The van der Waals surface area contributed by atoms with Crippen LogP contribution in [0.2, 0.25) is 0 Å². The Kier molecular flexibility index (Phi) is 2.30. The number of hydrogen-bond acceptors (Lipinski definition) is 5. The first-order valence-corrected chi connectivity index (χ1v) is 6.89. The van der Waals surface area contributed by atoms with E-state index >= 15 is 0 Å². The van der Waals surface area contributed by atoms with Gasteiger partial charge in [0.05, 0.1) is 25.1 Å². The quantitative estimate of drug-likeness (QED) is 0.893. The highest BCUT2D eigenvalue weighted by molar-refractivity contribution is 5.49. The van der Waals surface area contributed by atoms with Crippen LogP contribution in [-0.4, -0.2) is 29.2 Å². The summed E-state index contributed by atoms with van der Waals surface area (Å²) in [5.41, 5.74) is 1.86. The van der Waals surface area contributed by atoms with Gasteiger partial charge in [-0.15, -0.1) is 0 Å². The van der Waals surface area contributed by atoms with Crippen molar-refractivity contribution in [2.45, 2.75) is 37.6 Å². The molecule has 2 aliphatic carbocycles. The Morgan fingerprint density at radius 1 is 1.37 bits per heavy atom. The maximum Gasteiger partial charge on any atom is 0.183 e. The standard InChI is InChI=1S/C14H16N4O/c15-5-11-13(18-12(6-16-11)9-1-2-9)17-10-3-14(4-10)7-19-8-14/h6,9-10H,1-4,7-8H2,(H,17,18). The Hall–Kier alpha value is -1.67. The average Bonchev–Trinajstić information content (AvgIpc) is 3.14. The Morgan fingerprint density at radius 3 is 2.74 bits per heavy atom. The topological polar surface area (TPSA) is 70.8 Å². The maximum atomic E-state index is 9.11. The Bertz CT molecular complexity index is 549. The average molecular weight is 256 g/mol. The molecule has 0 atom stereocenters. The van der Waals surface area contributed by atoms with E-state index in [1.54, 1.807) is 6.20 Å². The van der Waals surface area contributed by atoms with Gasteiger partial charge in [0.2, 0.25) is 0 Å². The van der Waals surface area contributed by atoms with Gasteiger partial charge < -0.3 is 10.1 Å². The fourth-order valence-electron chi connectivity index (χ4n) is 3.07. The summed E-state index contributed by atoms with van der Waals surface area (Å²) in [5, 5.41) is 12.5. The van der Waals surface area contributed by atoms with Crippen LogP contribution >= 0.6 is 0 Å². The maximum absolute atomic E-state index is 9.11. The fraction of sp³-hybridized carbons (Fsp3) is 0.643. The molecule has 1 N–H and O–H groups in total. The summed E-state index contributed by atoms with van der Waals surface area (Å²) in [6.07, 6.45) is 6.39. The zero-order valence-corrected chi connectivity index (χ0v) is 10.7. The van der Waals surface area contributed by atoms with Crippen molar-refractivity contribution in [1.29, 1.82) is 5.26 Å². The summed E-state index contributed by atoms with van der Waals surface area (Å²) in [4.78, 5) is 8.82. The van der Waals surface area contributed by atoms with Gasteiger partial charge in [-0.3, -0.25) is 0 Å². The third kappa shape index (κ3) is 1.87. The van der Waals surface area contributed by atoms with E-state index in [4.69, 9.17) is 10.00 Å². The minimum absolute atomic E-state index is 0.412. The highest BCUT2D eigenvalue weighted by atomic mass is 16.5. The molecule has 1 saturated heterocycles. The van der Waals surface area contributed by atoms with Gasteiger partial charge in [0.15, 0.2) is 11.5 Å². The van der Waals surface area contributed by atoms with E-state index in [1.807, 2.05) is 0 Å². The molecule has 0 unspecified atom stereocenters. The molecular formula is C14H16N4O. The lowest BCUT2D eigenvalue weighted by Crippen LogP contribution is -2.56. The van der Waals surface area contributed by atoms with Crippen LogP contribution in [0.1, 0.15) is 43.0 Å². The molecule has 1 aromatic rings. The predicted octanol–water partition coefficient (Wildman–Crippen LogP) is 1.82. The third-order valence-corrected chi connectivity index (χ3v) is 4.41. The number of nitriles is 1. The van der Waals surface area contributed by atoms with E-state index in [2.05, 4.69) is 21.4 Å². The summed E-state index contributed by atoms with van der Waals surface area (Å²) >= 11 is 0. The summed E-state index contributed by atoms with van der Waals surface area (Å²) in [6.45, 7) is 1.79. The molecule has 0 aromatic carbocycles. The van der Waals surface area contributed by atoms with Gasteiger partial charge in [0.25, 0.3) is 0 Å². The molecule has 3 aliphatic rings. The molecule has 5 nitrogen and oxygen atoms in total. The molecule has 1 aliphatic heterocycles. The number of nitrogens with one attached hydrogen (secondary N) is 1. The molecule has 4 rings (SSSR count). The van der Waals surface area contributed by atoms with Crippen LogP contribution in [0.15, 0.2) is 6.20 Å². The van der Waals surface area contributed by atoms with E-state index in [0.717, 1.165) is 31.7 Å². The lowest BCUT2D eigenvalue weighted by molar-refractivity contribution is -0.159. The first-order valence-electron chi connectivity index (χ1n) is 6.89. The molecule has 19 heavy (non-hydrogen) atoms. The van der Waals surface area contributed by atoms with Gasteiger partial charge in [-0.05, 0) is 25.7 Å². The second-order valence-corrected chi connectivity index (χ2v) is 6.12. The minimum Gasteiger partial charge on any atom is -0.380 e. The van der Waals surface area contributed by atoms with Gasteiger partial charge >= 0.3 is 0 Å². The first kappa shape index (κ1) is 11.2. The Balaban J connectivity index is 1.50. The van der Waals surface area contributed by atoms with Crippen molar-refractivity contribution in [3.63, 3.8) is 0 Å². The zero-order valence-electron chi connectivity index (χ0n) is 10.7. The van der Waals surface area contributed by atoms with Gasteiger partial charge in [-0.25, -0.2) is 9.97 Å². The number of anilines is 1. The second-order valence-electron chi connectivity index (χ2n) is 6.12. The van der Waals surface area contributed by atoms with Crippen molar-refractivity contribution in [2.75, 3.05) is 18.5 Å². The van der Waals surface area contributed by atoms with Gasteiger partial charge in [0.1, 0.15) is 6.07 Å². The number of rotatable bonds is 3. The molecule has 98 valence electrons. The molecule has 0 amide bonds. The van der Waals surface area contributed by atoms with Crippen molar-refractivity contribution in [1.82, 2.24) is 9.97 Å². The molecular weight excluding hydrogens is 240 g/mol. The van der Waals surface area contributed by atoms with Crippen molar-refractivity contribution >= 4 is 5.82 Å². The number of nitrogens with zero attached hydrogens (tertiary/aromatic N) is 3. The molecule has 0 radical (unpaired) electrons. The van der Waals surface area contributed by atoms with Crippen molar-refractivity contribution in [3.05, 3.63) is 17.6 Å². The molecule has 5 heteroatoms. The Labute approximate surface area is 112 Å². The Morgan fingerprint density at radius 2 is 2.16 bits per heavy atom. The summed E-state index contributed by atoms with van der Waals surface area (Å²) in [5.74, 6) is 1.24. The highest BCUT2D eigenvalue weighted by Crippen LogP contribution is 2.48. The highest BCUT2D eigenvalue weighted by Gasteiger charge is 2.50. The van der Waals surface area contributed by atoms with Crippen LogP contribution in [0, 0.1) is 16.7 Å². The first-order chi connectivity index (χ1) is 9.28. The summed E-state index contributed by atoms with van der Waals surface area (Å²) in [7, 11) is 0. The van der Waals surface area contributed by atoms with Crippen LogP contribution in [-0.2, 0) is 4.74 Å². The van der Waals surface area contributed by atoms with E-state index in [9.17, 15) is 0 Å². The van der Waals surface area contributed by atoms with E-state index in [1.165, 1.54) is 12.8 Å². The zero-order chi connectivity index (χ0) is 12.9. The van der Waals surface area contributed by atoms with Crippen LogP contribution in [0.3, 0.4) is 0 Å². The summed E-state index contributed by atoms with van der Waals surface area (Å²) in [6, 6.07) is 2.54. The van der Waals surface area contributed by atoms with E-state index < -0.39 is 0 Å². The SMILES string of the molecule is N#Cc1ncc(C2CC2)nc1NC1CC2(COC2)C1. The predicted molar refractivity (Wildman–Crippen MR) is 68.6 cm³/mol. The van der Waals surface area contributed by atoms with Crippen molar-refractivity contribution in [3.8, 4) is 6.07 Å². The monoisotopic (exact) mass is 256 g/mol. The van der Waals surface area contributed by atoms with Crippen LogP contribution in [0.25, 0.3) is 0 Å². The van der Waals surface area contributed by atoms with Crippen LogP contribution < -0.4 is 5.32 Å². The van der Waals surface area contributed by atoms with Crippen LogP contribution in [0.4, 0.5) is 5.82 Å². The third-order valence-electron chi connectivity index (χ3n) is 4.41. The number of ether oxygens (including phenoxy) is 1. The van der Waals surface area contributed by atoms with E-state index in [-0.39, 0.29) is 0 Å². The van der Waals surface area contributed by atoms with Crippen LogP contribution in [0.5, 0.6) is 0 Å². The molecule has 3 fully saturated rings. The number of aromatic nitrogens is 2. The molecule has 1 spiro atoms. The smallest absolute Gasteiger partial charge is 0.183 e. The van der Waals surface area contributed by atoms with Gasteiger partial charge in [-0.2, -0.15) is 5.26 Å². The largest absolute Gasteiger partial charge is 0.380 e. The molecule has 2 saturated carbocycles. The molecule has 1 aromatic heterocycles. The fourth-order valence-corrected chi connectivity index (χ4v) is 3.07. The lowest BCUT2D eigenvalue weighted by atomic mass is 9.64. The van der Waals surface area contributed by atoms with Crippen molar-refractivity contribution in [2.24, 2.45) is 5.41 Å². The van der Waals surface area contributed by atoms with Crippen molar-refractivity contribution < 1.29 is 4.74 Å². The molecule has 0 bridgehead atoms. The number of hydrogen-bond donors (Lipinski definition) is 1. The van der Waals surface area contributed by atoms with E-state index in [0.29, 0.717) is 28.9 Å². The molecule has 2 heterocycles. The minimum atomic E-state index is 0.412.